The Hall–Kier alpha value is -0.415. The van der Waals surface area contributed by atoms with Crippen LogP contribution in [0.15, 0.2) is 12.1 Å². The zero-order chi connectivity index (χ0) is 10.7. The van der Waals surface area contributed by atoms with Crippen LogP contribution in [0, 0.1) is 0 Å². The van der Waals surface area contributed by atoms with Gasteiger partial charge in [0, 0.05) is 16.6 Å². The maximum Gasteiger partial charge on any atom is 0.490 e. The van der Waals surface area contributed by atoms with E-state index in [1.165, 1.54) is 12.1 Å². The van der Waals surface area contributed by atoms with E-state index in [0.29, 0.717) is 17.4 Å². The van der Waals surface area contributed by atoms with E-state index in [9.17, 15) is 0 Å². The van der Waals surface area contributed by atoms with E-state index in [1.54, 1.807) is 6.92 Å². The van der Waals surface area contributed by atoms with Gasteiger partial charge in [-0.15, -0.1) is 0 Å². The molecule has 0 unspecified atom stereocenters. The summed E-state index contributed by atoms with van der Waals surface area (Å²) in [6.07, 6.45) is 0. The van der Waals surface area contributed by atoms with E-state index in [4.69, 9.17) is 38.0 Å². The van der Waals surface area contributed by atoms with Gasteiger partial charge in [-0.3, -0.25) is 0 Å². The molecule has 6 heteroatoms. The van der Waals surface area contributed by atoms with Crippen LogP contribution in [-0.2, 0) is 0 Å². The molecule has 0 spiro atoms. The second-order valence-corrected chi connectivity index (χ2v) is 3.43. The molecule has 0 fully saturated rings. The zero-order valence-electron chi connectivity index (χ0n) is 7.50. The molecule has 1 rings (SSSR count). The summed E-state index contributed by atoms with van der Waals surface area (Å²) < 4.78 is 5.17. The van der Waals surface area contributed by atoms with E-state index in [-0.39, 0.29) is 10.5 Å². The molecule has 76 valence electrons. The number of halogens is 2. The molecule has 0 aliphatic heterocycles. The van der Waals surface area contributed by atoms with Gasteiger partial charge in [-0.05, 0) is 13.0 Å². The summed E-state index contributed by atoms with van der Waals surface area (Å²) in [6.45, 7) is 2.23. The lowest BCUT2D eigenvalue weighted by atomic mass is 9.80. The van der Waals surface area contributed by atoms with E-state index < -0.39 is 7.12 Å². The molecule has 1 aromatic rings. The molecule has 0 atom stereocenters. The average Bonchev–Trinajstić information content (AvgIpc) is 2.10. The Bertz CT molecular complexity index is 331. The highest BCUT2D eigenvalue weighted by Gasteiger charge is 2.19. The second-order valence-electron chi connectivity index (χ2n) is 2.61. The van der Waals surface area contributed by atoms with Gasteiger partial charge in [-0.25, -0.2) is 0 Å². The molecule has 0 bridgehead atoms. The highest BCUT2D eigenvalue weighted by Crippen LogP contribution is 2.26. The van der Waals surface area contributed by atoms with Crippen LogP contribution in [0.2, 0.25) is 10.0 Å². The van der Waals surface area contributed by atoms with Crippen molar-refractivity contribution in [2.24, 2.45) is 0 Å². The first-order chi connectivity index (χ1) is 6.56. The Labute approximate surface area is 92.4 Å². The first-order valence-electron chi connectivity index (χ1n) is 4.04. The van der Waals surface area contributed by atoms with Crippen molar-refractivity contribution >= 4 is 35.8 Å². The molecule has 1 aromatic carbocycles. The fraction of sp³-hybridized carbons (Fsp3) is 0.250. The van der Waals surface area contributed by atoms with Crippen molar-refractivity contribution < 1.29 is 14.8 Å². The van der Waals surface area contributed by atoms with Crippen LogP contribution in [0.1, 0.15) is 6.92 Å². The van der Waals surface area contributed by atoms with Crippen LogP contribution >= 0.6 is 23.2 Å². The molecular formula is C8H9BCl2O3. The molecule has 0 radical (unpaired) electrons. The van der Waals surface area contributed by atoms with Gasteiger partial charge in [0.05, 0.1) is 11.6 Å². The first-order valence-corrected chi connectivity index (χ1v) is 4.79. The van der Waals surface area contributed by atoms with Crippen molar-refractivity contribution in [1.29, 1.82) is 0 Å². The monoisotopic (exact) mass is 234 g/mol. The molecule has 0 aliphatic rings. The smallest absolute Gasteiger partial charge is 0.490 e. The summed E-state index contributed by atoms with van der Waals surface area (Å²) in [6, 6.07) is 2.91. The standard InChI is InChI=1S/C8H9BCl2O3/c1-2-14-7-4-5(10)3-6(8(7)11)9(12)13/h3-4,12-13H,2H2,1H3. The van der Waals surface area contributed by atoms with E-state index >= 15 is 0 Å². The van der Waals surface area contributed by atoms with Crippen molar-refractivity contribution in [2.45, 2.75) is 6.92 Å². The van der Waals surface area contributed by atoms with Gasteiger partial charge in [-0.1, -0.05) is 23.2 Å². The van der Waals surface area contributed by atoms with Crippen molar-refractivity contribution in [3.8, 4) is 5.75 Å². The van der Waals surface area contributed by atoms with E-state index in [0.717, 1.165) is 0 Å². The SMILES string of the molecule is CCOc1cc(Cl)cc(B(O)O)c1Cl. The third-order valence-electron chi connectivity index (χ3n) is 1.61. The Morgan fingerprint density at radius 1 is 1.36 bits per heavy atom. The quantitative estimate of drug-likeness (QED) is 0.770. The van der Waals surface area contributed by atoms with Crippen molar-refractivity contribution in [3.05, 3.63) is 22.2 Å². The molecule has 0 aromatic heterocycles. The lowest BCUT2D eigenvalue weighted by Gasteiger charge is -2.10. The lowest BCUT2D eigenvalue weighted by molar-refractivity contribution is 0.340. The van der Waals surface area contributed by atoms with Gasteiger partial charge < -0.3 is 14.8 Å². The highest BCUT2D eigenvalue weighted by molar-refractivity contribution is 6.63. The summed E-state index contributed by atoms with van der Waals surface area (Å²) >= 11 is 11.6. The van der Waals surface area contributed by atoms with Crippen LogP contribution in [0.3, 0.4) is 0 Å². The summed E-state index contributed by atoms with van der Waals surface area (Å²) in [7, 11) is -1.65. The van der Waals surface area contributed by atoms with Gasteiger partial charge in [0.15, 0.2) is 0 Å². The summed E-state index contributed by atoms with van der Waals surface area (Å²) in [5.41, 5.74) is 0.141. The summed E-state index contributed by atoms with van der Waals surface area (Å²) in [4.78, 5) is 0. The van der Waals surface area contributed by atoms with Crippen LogP contribution in [-0.4, -0.2) is 23.8 Å². The maximum atomic E-state index is 8.98. The van der Waals surface area contributed by atoms with Crippen molar-refractivity contribution in [3.63, 3.8) is 0 Å². The normalized spacial score (nSPS) is 10.1. The molecular weight excluding hydrogens is 226 g/mol. The minimum absolute atomic E-state index is 0.141. The van der Waals surface area contributed by atoms with Gasteiger partial charge in [0.25, 0.3) is 0 Å². The fourth-order valence-corrected chi connectivity index (χ4v) is 1.51. The number of hydrogen-bond acceptors (Lipinski definition) is 3. The topological polar surface area (TPSA) is 49.7 Å². The molecule has 3 nitrogen and oxygen atoms in total. The molecule has 0 heterocycles. The van der Waals surface area contributed by atoms with Gasteiger partial charge in [-0.2, -0.15) is 0 Å². The lowest BCUT2D eigenvalue weighted by Crippen LogP contribution is -2.31. The zero-order valence-corrected chi connectivity index (χ0v) is 9.01. The van der Waals surface area contributed by atoms with E-state index in [1.807, 2.05) is 0 Å². The van der Waals surface area contributed by atoms with Gasteiger partial charge in [0.1, 0.15) is 5.75 Å². The van der Waals surface area contributed by atoms with Crippen LogP contribution in [0.4, 0.5) is 0 Å². The predicted octanol–water partition coefficient (Wildman–Crippen LogP) is 1.07. The van der Waals surface area contributed by atoms with E-state index in [2.05, 4.69) is 0 Å². The average molecular weight is 235 g/mol. The number of benzene rings is 1. The Morgan fingerprint density at radius 3 is 2.50 bits per heavy atom. The predicted molar refractivity (Wildman–Crippen MR) is 57.5 cm³/mol. The maximum absolute atomic E-state index is 8.98. The molecule has 0 saturated carbocycles. The highest BCUT2D eigenvalue weighted by atomic mass is 35.5. The van der Waals surface area contributed by atoms with Crippen LogP contribution in [0.5, 0.6) is 5.75 Å². The molecule has 14 heavy (non-hydrogen) atoms. The number of hydrogen-bond donors (Lipinski definition) is 2. The molecule has 0 aliphatic carbocycles. The fourth-order valence-electron chi connectivity index (χ4n) is 1.03. The Balaban J connectivity index is 3.18. The molecule has 2 N–H and O–H groups in total. The molecule has 0 saturated heterocycles. The van der Waals surface area contributed by atoms with Gasteiger partial charge >= 0.3 is 7.12 Å². The minimum Gasteiger partial charge on any atom is -0.492 e. The van der Waals surface area contributed by atoms with Crippen molar-refractivity contribution in [1.82, 2.24) is 0 Å². The summed E-state index contributed by atoms with van der Waals surface area (Å²) in [5, 5.41) is 18.5. The summed E-state index contributed by atoms with van der Waals surface area (Å²) in [5.74, 6) is 0.352. The Kier molecular flexibility index (Phi) is 4.07. The first kappa shape index (κ1) is 11.7. The number of ether oxygens (including phenoxy) is 1. The second kappa shape index (κ2) is 4.89. The Morgan fingerprint density at radius 2 is 2.00 bits per heavy atom. The van der Waals surface area contributed by atoms with Crippen molar-refractivity contribution in [2.75, 3.05) is 6.61 Å². The van der Waals surface area contributed by atoms with Gasteiger partial charge in [0.2, 0.25) is 0 Å². The minimum atomic E-state index is -1.65. The van der Waals surface area contributed by atoms with Crippen LogP contribution < -0.4 is 10.2 Å². The number of rotatable bonds is 3. The third-order valence-corrected chi connectivity index (χ3v) is 2.23. The molecule has 0 amide bonds. The largest absolute Gasteiger partial charge is 0.492 e. The third kappa shape index (κ3) is 2.54. The van der Waals surface area contributed by atoms with Crippen LogP contribution in [0.25, 0.3) is 0 Å².